The average molecular weight is 497 g/mol. The van der Waals surface area contributed by atoms with E-state index in [1.54, 1.807) is 31.1 Å². The maximum Gasteiger partial charge on any atom is 0.390 e. The predicted molar refractivity (Wildman–Crippen MR) is 125 cm³/mol. The van der Waals surface area contributed by atoms with Gasteiger partial charge in [0.25, 0.3) is 0 Å². The van der Waals surface area contributed by atoms with Crippen LogP contribution in [0.2, 0.25) is 0 Å². The van der Waals surface area contributed by atoms with Crippen molar-refractivity contribution in [2.75, 3.05) is 11.9 Å². The molecule has 36 heavy (non-hydrogen) atoms. The maximum atomic E-state index is 13.8. The largest absolute Gasteiger partial charge is 0.390 e. The molecule has 0 fully saturated rings. The predicted octanol–water partition coefficient (Wildman–Crippen LogP) is 4.57. The summed E-state index contributed by atoms with van der Waals surface area (Å²) in [5.74, 6) is 0.581. The minimum absolute atomic E-state index is 0.0438. The first kappa shape index (κ1) is 24.6. The van der Waals surface area contributed by atoms with E-state index in [1.807, 2.05) is 0 Å². The molecule has 4 rings (SSSR count). The summed E-state index contributed by atoms with van der Waals surface area (Å²) >= 11 is 0. The van der Waals surface area contributed by atoms with Gasteiger partial charge in [0.2, 0.25) is 5.91 Å². The van der Waals surface area contributed by atoms with E-state index in [4.69, 9.17) is 5.73 Å². The summed E-state index contributed by atoms with van der Waals surface area (Å²) in [5, 5.41) is 7.18. The molecular formula is C25H19F4N5O2. The first-order valence-electron chi connectivity index (χ1n) is 10.7. The minimum atomic E-state index is -4.38. The number of aryl methyl sites for hydroxylation is 1. The summed E-state index contributed by atoms with van der Waals surface area (Å²) in [5.41, 5.74) is 7.89. The standard InChI is InChI=1S/C25H19F4N5O2/c1-14-9-16(5-6-18(14)23(30)36)22-12-32-24-21(31-8-7-25(27,28)29)11-20(33-34(22)24)19(13-35)15-3-2-4-17(26)10-15/h2-6,9-12,31H,7-8H2,1H3,(H2,30,36). The average Bonchev–Trinajstić information content (AvgIpc) is 3.23. The van der Waals surface area contributed by atoms with Gasteiger partial charge >= 0.3 is 6.18 Å². The highest BCUT2D eigenvalue weighted by molar-refractivity contribution is 5.97. The number of anilines is 1. The lowest BCUT2D eigenvalue weighted by Crippen LogP contribution is -2.15. The van der Waals surface area contributed by atoms with E-state index in [2.05, 4.69) is 15.4 Å². The van der Waals surface area contributed by atoms with Crippen LogP contribution < -0.4 is 11.1 Å². The number of carbonyl (C=O) groups excluding carboxylic acids is 2. The summed E-state index contributed by atoms with van der Waals surface area (Å²) in [4.78, 5) is 27.8. The third-order valence-corrected chi connectivity index (χ3v) is 5.45. The second kappa shape index (κ2) is 9.63. The number of benzene rings is 2. The fraction of sp³-hybridized carbons (Fsp3) is 0.160. The van der Waals surface area contributed by atoms with Gasteiger partial charge < -0.3 is 11.1 Å². The summed E-state index contributed by atoms with van der Waals surface area (Å²) in [6, 6.07) is 11.5. The molecule has 0 spiro atoms. The molecule has 7 nitrogen and oxygen atoms in total. The van der Waals surface area contributed by atoms with Gasteiger partial charge in [-0.25, -0.2) is 18.7 Å². The zero-order valence-electron chi connectivity index (χ0n) is 18.9. The zero-order chi connectivity index (χ0) is 26.0. The van der Waals surface area contributed by atoms with Crippen LogP contribution in [0.25, 0.3) is 22.5 Å². The number of alkyl halides is 3. The van der Waals surface area contributed by atoms with Crippen molar-refractivity contribution >= 4 is 28.8 Å². The van der Waals surface area contributed by atoms with Crippen LogP contribution >= 0.6 is 0 Å². The van der Waals surface area contributed by atoms with Crippen molar-refractivity contribution < 1.29 is 27.2 Å². The number of nitrogens with zero attached hydrogens (tertiary/aromatic N) is 3. The number of aromatic nitrogens is 3. The topological polar surface area (TPSA) is 102 Å². The Morgan fingerprint density at radius 2 is 1.94 bits per heavy atom. The van der Waals surface area contributed by atoms with Crippen molar-refractivity contribution in [2.24, 2.45) is 5.73 Å². The highest BCUT2D eigenvalue weighted by Gasteiger charge is 2.26. The van der Waals surface area contributed by atoms with Gasteiger partial charge in [-0.3, -0.25) is 4.79 Å². The molecule has 2 heterocycles. The molecule has 4 aromatic rings. The van der Waals surface area contributed by atoms with E-state index in [0.29, 0.717) is 22.4 Å². The summed E-state index contributed by atoms with van der Waals surface area (Å²) in [6.07, 6.45) is -4.01. The van der Waals surface area contributed by atoms with Crippen LogP contribution in [0, 0.1) is 12.7 Å². The number of carbonyl (C=O) groups is 1. The summed E-state index contributed by atoms with van der Waals surface area (Å²) < 4.78 is 53.4. The number of imidazole rings is 1. The molecule has 0 unspecified atom stereocenters. The van der Waals surface area contributed by atoms with Crippen molar-refractivity contribution in [3.63, 3.8) is 0 Å². The lowest BCUT2D eigenvalue weighted by atomic mass is 10.0. The Balaban J connectivity index is 1.88. The van der Waals surface area contributed by atoms with Crippen LogP contribution in [0.15, 0.2) is 54.7 Å². The Morgan fingerprint density at radius 3 is 2.58 bits per heavy atom. The third-order valence-electron chi connectivity index (χ3n) is 5.45. The molecule has 0 saturated heterocycles. The van der Waals surface area contributed by atoms with Gasteiger partial charge in [-0.1, -0.05) is 18.2 Å². The van der Waals surface area contributed by atoms with Crippen molar-refractivity contribution in [1.82, 2.24) is 14.6 Å². The van der Waals surface area contributed by atoms with Gasteiger partial charge in [0, 0.05) is 17.7 Å². The van der Waals surface area contributed by atoms with Crippen molar-refractivity contribution in [1.29, 1.82) is 0 Å². The Morgan fingerprint density at radius 1 is 1.17 bits per heavy atom. The van der Waals surface area contributed by atoms with Crippen LogP contribution in [0.4, 0.5) is 23.2 Å². The van der Waals surface area contributed by atoms with E-state index < -0.39 is 30.9 Å². The first-order chi connectivity index (χ1) is 17.1. The van der Waals surface area contributed by atoms with E-state index >= 15 is 0 Å². The SMILES string of the molecule is Cc1cc(-c2cnc3c(NCCC(F)(F)F)cc(C(=C=O)c4cccc(F)c4)nn23)ccc1C(N)=O. The number of primary amides is 1. The monoisotopic (exact) mass is 497 g/mol. The third kappa shape index (κ3) is 5.11. The van der Waals surface area contributed by atoms with Crippen LogP contribution in [0.3, 0.4) is 0 Å². The fourth-order valence-electron chi connectivity index (χ4n) is 3.76. The maximum absolute atomic E-state index is 13.8. The number of hydrogen-bond donors (Lipinski definition) is 2. The van der Waals surface area contributed by atoms with Crippen LogP contribution in [0.1, 0.15) is 33.6 Å². The molecule has 1 amide bonds. The van der Waals surface area contributed by atoms with Crippen molar-refractivity contribution in [3.8, 4) is 11.3 Å². The molecule has 2 aromatic heterocycles. The number of nitrogens with one attached hydrogen (secondary N) is 1. The van der Waals surface area contributed by atoms with Gasteiger partial charge in [-0.15, -0.1) is 0 Å². The number of rotatable bonds is 7. The molecule has 3 N–H and O–H groups in total. The number of hydrogen-bond acceptors (Lipinski definition) is 5. The zero-order valence-corrected chi connectivity index (χ0v) is 18.9. The Hall–Kier alpha value is -4.50. The fourth-order valence-corrected chi connectivity index (χ4v) is 3.76. The van der Waals surface area contributed by atoms with Crippen LogP contribution in [0.5, 0.6) is 0 Å². The normalized spacial score (nSPS) is 11.4. The Bertz CT molecular complexity index is 1520. The minimum Gasteiger partial charge on any atom is -0.382 e. The van der Waals surface area contributed by atoms with Gasteiger partial charge in [-0.2, -0.15) is 18.3 Å². The quantitative estimate of drug-likeness (QED) is 0.288. The molecule has 2 aromatic carbocycles. The first-order valence-corrected chi connectivity index (χ1v) is 10.7. The Labute approximate surface area is 202 Å². The van der Waals surface area contributed by atoms with Gasteiger partial charge in [0.1, 0.15) is 17.5 Å². The lowest BCUT2D eigenvalue weighted by molar-refractivity contribution is -0.131. The van der Waals surface area contributed by atoms with Crippen molar-refractivity contribution in [3.05, 3.63) is 82.9 Å². The summed E-state index contributed by atoms with van der Waals surface area (Å²) in [6.45, 7) is 1.25. The molecule has 0 aliphatic carbocycles. The molecule has 0 bridgehead atoms. The van der Waals surface area contributed by atoms with E-state index in [-0.39, 0.29) is 28.2 Å². The smallest absolute Gasteiger partial charge is 0.382 e. The molecular weight excluding hydrogens is 478 g/mol. The number of nitrogens with two attached hydrogens (primary N) is 1. The van der Waals surface area contributed by atoms with Gasteiger partial charge in [-0.05, 0) is 48.4 Å². The number of fused-ring (bicyclic) bond motifs is 1. The highest BCUT2D eigenvalue weighted by atomic mass is 19.4. The van der Waals surface area contributed by atoms with E-state index in [1.165, 1.54) is 35.0 Å². The van der Waals surface area contributed by atoms with Crippen LogP contribution in [-0.2, 0) is 4.79 Å². The number of amides is 1. The summed E-state index contributed by atoms with van der Waals surface area (Å²) in [7, 11) is 0. The van der Waals surface area contributed by atoms with Crippen molar-refractivity contribution in [2.45, 2.75) is 19.5 Å². The number of halogens is 4. The molecule has 11 heteroatoms. The molecule has 0 atom stereocenters. The van der Waals surface area contributed by atoms with Crippen LogP contribution in [-0.4, -0.2) is 39.2 Å². The van der Waals surface area contributed by atoms with Gasteiger partial charge in [0.15, 0.2) is 5.65 Å². The van der Waals surface area contributed by atoms with E-state index in [9.17, 15) is 27.2 Å². The molecule has 184 valence electrons. The second-order valence-electron chi connectivity index (χ2n) is 8.00. The molecule has 0 radical (unpaired) electrons. The Kier molecular flexibility index (Phi) is 6.59. The lowest BCUT2D eigenvalue weighted by Gasteiger charge is -2.13. The second-order valence-corrected chi connectivity index (χ2v) is 8.00. The van der Waals surface area contributed by atoms with E-state index in [0.717, 1.165) is 6.07 Å². The molecule has 0 aliphatic heterocycles. The molecule has 0 saturated carbocycles. The highest BCUT2D eigenvalue weighted by Crippen LogP contribution is 2.30. The van der Waals surface area contributed by atoms with Gasteiger partial charge in [0.05, 0.1) is 29.6 Å². The molecule has 0 aliphatic rings.